The van der Waals surface area contributed by atoms with Gasteiger partial charge in [0.1, 0.15) is 5.76 Å². The van der Waals surface area contributed by atoms with Crippen LogP contribution >= 0.6 is 0 Å². The summed E-state index contributed by atoms with van der Waals surface area (Å²) in [5.74, 6) is 0.867. The lowest BCUT2D eigenvalue weighted by atomic mass is 10.2. The van der Waals surface area contributed by atoms with Gasteiger partial charge in [-0.2, -0.15) is 0 Å². The summed E-state index contributed by atoms with van der Waals surface area (Å²) in [6.45, 7) is 5.79. The molecule has 0 aliphatic rings. The van der Waals surface area contributed by atoms with Crippen molar-refractivity contribution in [3.8, 4) is 5.88 Å². The Morgan fingerprint density at radius 2 is 1.94 bits per heavy atom. The minimum absolute atomic E-state index is 0.424. The van der Waals surface area contributed by atoms with E-state index in [4.69, 9.17) is 9.47 Å². The fourth-order valence-electron chi connectivity index (χ4n) is 1.57. The van der Waals surface area contributed by atoms with Crippen molar-refractivity contribution in [3.63, 3.8) is 0 Å². The van der Waals surface area contributed by atoms with E-state index >= 15 is 0 Å². The van der Waals surface area contributed by atoms with Crippen molar-refractivity contribution < 1.29 is 9.47 Å². The van der Waals surface area contributed by atoms with E-state index in [1.165, 1.54) is 0 Å². The lowest BCUT2D eigenvalue weighted by Crippen LogP contribution is -2.00. The molecule has 1 aromatic carbocycles. The number of aromatic nitrogens is 2. The largest absolute Gasteiger partial charge is 0.495 e. The molecule has 0 radical (unpaired) electrons. The van der Waals surface area contributed by atoms with Crippen molar-refractivity contribution in [2.75, 3.05) is 14.2 Å². The smallest absolute Gasteiger partial charge is 0.244 e. The molecule has 0 aliphatic carbocycles. The predicted molar refractivity (Wildman–Crippen MR) is 66.9 cm³/mol. The molecule has 4 heteroatoms. The van der Waals surface area contributed by atoms with Crippen LogP contribution in [-0.2, 0) is 4.74 Å². The van der Waals surface area contributed by atoms with Crippen LogP contribution < -0.4 is 4.74 Å². The van der Waals surface area contributed by atoms with E-state index in [0.29, 0.717) is 17.3 Å². The van der Waals surface area contributed by atoms with E-state index in [1.807, 2.05) is 25.1 Å². The number of methoxy groups -OCH3 is 2. The topological polar surface area (TPSA) is 44.2 Å². The minimum Gasteiger partial charge on any atom is -0.495 e. The molecule has 0 atom stereocenters. The van der Waals surface area contributed by atoms with Gasteiger partial charge in [-0.25, -0.2) is 9.97 Å². The summed E-state index contributed by atoms with van der Waals surface area (Å²) in [7, 11) is 3.10. The molecule has 0 aliphatic heterocycles. The first kappa shape index (κ1) is 11.4. The summed E-state index contributed by atoms with van der Waals surface area (Å²) in [4.78, 5) is 8.84. The molecule has 4 nitrogen and oxygen atoms in total. The molecule has 2 rings (SSSR count). The maximum atomic E-state index is 5.19. The maximum absolute atomic E-state index is 5.19. The number of hydrogen-bond acceptors (Lipinski definition) is 4. The molecular formula is C13H14N2O2. The third kappa shape index (κ3) is 2.06. The van der Waals surface area contributed by atoms with Gasteiger partial charge in [-0.05, 0) is 24.6 Å². The summed E-state index contributed by atoms with van der Waals surface area (Å²) in [5.41, 5.74) is 3.26. The Morgan fingerprint density at radius 3 is 2.59 bits per heavy atom. The number of hydrogen-bond donors (Lipinski definition) is 0. The van der Waals surface area contributed by atoms with Gasteiger partial charge in [-0.1, -0.05) is 12.6 Å². The van der Waals surface area contributed by atoms with Gasteiger partial charge in [0.05, 0.1) is 25.3 Å². The molecule has 1 heterocycles. The molecule has 0 saturated carbocycles. The van der Waals surface area contributed by atoms with Gasteiger partial charge in [-0.15, -0.1) is 0 Å². The van der Waals surface area contributed by atoms with Crippen LogP contribution in [-0.4, -0.2) is 24.2 Å². The van der Waals surface area contributed by atoms with Crippen LogP contribution in [0.4, 0.5) is 0 Å². The molecule has 0 spiro atoms. The van der Waals surface area contributed by atoms with Crippen LogP contribution in [0.1, 0.15) is 11.3 Å². The molecule has 1 aromatic heterocycles. The molecule has 0 unspecified atom stereocenters. The standard InChI is InChI=1S/C13H14N2O2/c1-8-5-6-10-11(7-8)14-12(9(2)16-3)13(15-10)17-4/h5-7H,2H2,1,3-4H3. The zero-order valence-corrected chi connectivity index (χ0v) is 10.2. The number of fused-ring (bicyclic) bond motifs is 1. The number of benzene rings is 1. The van der Waals surface area contributed by atoms with Gasteiger partial charge in [-0.3, -0.25) is 0 Å². The number of ether oxygens (including phenoxy) is 2. The third-order valence-electron chi connectivity index (χ3n) is 2.49. The van der Waals surface area contributed by atoms with Gasteiger partial charge < -0.3 is 9.47 Å². The van der Waals surface area contributed by atoms with Crippen LogP contribution in [0, 0.1) is 6.92 Å². The second kappa shape index (κ2) is 4.41. The number of aryl methyl sites for hydroxylation is 1. The Hall–Kier alpha value is -2.10. The first-order chi connectivity index (χ1) is 8.15. The fraction of sp³-hybridized carbons (Fsp3) is 0.231. The molecule has 0 N–H and O–H groups in total. The van der Waals surface area contributed by atoms with E-state index in [-0.39, 0.29) is 0 Å². The monoisotopic (exact) mass is 230 g/mol. The second-order valence-corrected chi connectivity index (χ2v) is 3.70. The summed E-state index contributed by atoms with van der Waals surface area (Å²) in [6.07, 6.45) is 0. The summed E-state index contributed by atoms with van der Waals surface area (Å²) in [5, 5.41) is 0. The molecule has 17 heavy (non-hydrogen) atoms. The van der Waals surface area contributed by atoms with E-state index < -0.39 is 0 Å². The van der Waals surface area contributed by atoms with Gasteiger partial charge in [0.2, 0.25) is 5.88 Å². The Kier molecular flexibility index (Phi) is 2.95. The zero-order chi connectivity index (χ0) is 12.4. The van der Waals surface area contributed by atoms with Crippen LogP contribution in [0.15, 0.2) is 24.8 Å². The molecule has 88 valence electrons. The summed E-state index contributed by atoms with van der Waals surface area (Å²) < 4.78 is 10.3. The number of nitrogens with zero attached hydrogens (tertiary/aromatic N) is 2. The van der Waals surface area contributed by atoms with Gasteiger partial charge in [0.15, 0.2) is 5.69 Å². The van der Waals surface area contributed by atoms with Crippen LogP contribution in [0.2, 0.25) is 0 Å². The minimum atomic E-state index is 0.424. The second-order valence-electron chi connectivity index (χ2n) is 3.70. The molecule has 2 aromatic rings. The van der Waals surface area contributed by atoms with E-state index in [2.05, 4.69) is 16.5 Å². The Bertz CT molecular complexity index is 579. The highest BCUT2D eigenvalue weighted by molar-refractivity contribution is 5.78. The van der Waals surface area contributed by atoms with Crippen molar-refractivity contribution in [2.24, 2.45) is 0 Å². The van der Waals surface area contributed by atoms with Crippen molar-refractivity contribution in [2.45, 2.75) is 6.92 Å². The molecule has 0 bridgehead atoms. The van der Waals surface area contributed by atoms with Crippen molar-refractivity contribution in [1.82, 2.24) is 9.97 Å². The third-order valence-corrected chi connectivity index (χ3v) is 2.49. The average Bonchev–Trinajstić information content (AvgIpc) is 2.36. The van der Waals surface area contributed by atoms with Crippen molar-refractivity contribution in [1.29, 1.82) is 0 Å². The Balaban J connectivity index is 2.69. The van der Waals surface area contributed by atoms with E-state index in [0.717, 1.165) is 16.6 Å². The molecule has 0 fully saturated rings. The lowest BCUT2D eigenvalue weighted by Gasteiger charge is -2.09. The Labute approximate surface area is 99.9 Å². The summed E-state index contributed by atoms with van der Waals surface area (Å²) >= 11 is 0. The van der Waals surface area contributed by atoms with Crippen LogP contribution in [0.25, 0.3) is 16.8 Å². The van der Waals surface area contributed by atoms with Crippen LogP contribution in [0.3, 0.4) is 0 Å². The first-order valence-electron chi connectivity index (χ1n) is 5.21. The van der Waals surface area contributed by atoms with Gasteiger partial charge >= 0.3 is 0 Å². The highest BCUT2D eigenvalue weighted by Gasteiger charge is 2.12. The normalized spacial score (nSPS) is 10.3. The maximum Gasteiger partial charge on any atom is 0.244 e. The first-order valence-corrected chi connectivity index (χ1v) is 5.21. The quantitative estimate of drug-likeness (QED) is 0.760. The fourth-order valence-corrected chi connectivity index (χ4v) is 1.57. The lowest BCUT2D eigenvalue weighted by molar-refractivity contribution is 0.356. The molecule has 0 amide bonds. The predicted octanol–water partition coefficient (Wildman–Crippen LogP) is 2.56. The SMILES string of the molecule is C=C(OC)c1nc2cc(C)ccc2nc1OC. The molecule has 0 saturated heterocycles. The van der Waals surface area contributed by atoms with Crippen molar-refractivity contribution >= 4 is 16.8 Å². The number of rotatable bonds is 3. The van der Waals surface area contributed by atoms with Gasteiger partial charge in [0.25, 0.3) is 0 Å². The van der Waals surface area contributed by atoms with Crippen LogP contribution in [0.5, 0.6) is 5.88 Å². The van der Waals surface area contributed by atoms with Crippen molar-refractivity contribution in [3.05, 3.63) is 36.0 Å². The summed E-state index contributed by atoms with van der Waals surface area (Å²) in [6, 6.07) is 5.87. The highest BCUT2D eigenvalue weighted by atomic mass is 16.5. The Morgan fingerprint density at radius 1 is 1.18 bits per heavy atom. The van der Waals surface area contributed by atoms with Gasteiger partial charge in [0, 0.05) is 0 Å². The molecular weight excluding hydrogens is 216 g/mol. The van der Waals surface area contributed by atoms with E-state index in [9.17, 15) is 0 Å². The van der Waals surface area contributed by atoms with E-state index in [1.54, 1.807) is 14.2 Å². The zero-order valence-electron chi connectivity index (χ0n) is 10.2. The average molecular weight is 230 g/mol. The highest BCUT2D eigenvalue weighted by Crippen LogP contribution is 2.24.